The SMILES string of the molecule is COC(=O)C1CCC(NS(=O)(=O)c2c(C)noc2C)CC1. The second-order valence-corrected chi connectivity index (χ2v) is 7.00. The van der Waals surface area contributed by atoms with E-state index in [0.717, 1.165) is 0 Å². The summed E-state index contributed by atoms with van der Waals surface area (Å²) < 4.78 is 37.0. The third kappa shape index (κ3) is 3.44. The number of nitrogens with zero attached hydrogens (tertiary/aromatic N) is 1. The number of hydrogen-bond acceptors (Lipinski definition) is 6. The maximum Gasteiger partial charge on any atom is 0.308 e. The molecule has 118 valence electrons. The van der Waals surface area contributed by atoms with Gasteiger partial charge in [-0.05, 0) is 39.5 Å². The maximum atomic E-state index is 12.4. The summed E-state index contributed by atoms with van der Waals surface area (Å²) in [6.07, 6.45) is 2.48. The van der Waals surface area contributed by atoms with E-state index in [4.69, 9.17) is 9.26 Å². The summed E-state index contributed by atoms with van der Waals surface area (Å²) in [6.45, 7) is 3.17. The first-order valence-electron chi connectivity index (χ1n) is 6.88. The minimum Gasteiger partial charge on any atom is -0.469 e. The van der Waals surface area contributed by atoms with Gasteiger partial charge in [0, 0.05) is 6.04 Å². The number of hydrogen-bond donors (Lipinski definition) is 1. The van der Waals surface area contributed by atoms with Crippen LogP contribution in [0.15, 0.2) is 9.42 Å². The lowest BCUT2D eigenvalue weighted by Gasteiger charge is -2.27. The summed E-state index contributed by atoms with van der Waals surface area (Å²) in [6, 6.07) is -0.176. The summed E-state index contributed by atoms with van der Waals surface area (Å²) in [4.78, 5) is 11.6. The van der Waals surface area contributed by atoms with Gasteiger partial charge in [-0.2, -0.15) is 0 Å². The number of aryl methyl sites for hydroxylation is 2. The van der Waals surface area contributed by atoms with Gasteiger partial charge in [-0.25, -0.2) is 13.1 Å². The van der Waals surface area contributed by atoms with Crippen molar-refractivity contribution in [3.05, 3.63) is 11.5 Å². The molecule has 0 saturated heterocycles. The zero-order valence-corrected chi connectivity index (χ0v) is 13.2. The molecule has 1 aliphatic carbocycles. The smallest absolute Gasteiger partial charge is 0.308 e. The van der Waals surface area contributed by atoms with Gasteiger partial charge in [0.05, 0.1) is 13.0 Å². The zero-order valence-electron chi connectivity index (χ0n) is 12.4. The van der Waals surface area contributed by atoms with Gasteiger partial charge in [0.2, 0.25) is 10.0 Å². The van der Waals surface area contributed by atoms with Crippen LogP contribution in [0.4, 0.5) is 0 Å². The molecule has 1 aromatic heterocycles. The number of rotatable bonds is 4. The Labute approximate surface area is 124 Å². The third-order valence-electron chi connectivity index (χ3n) is 3.82. The van der Waals surface area contributed by atoms with Crippen molar-refractivity contribution in [2.75, 3.05) is 7.11 Å². The molecular weight excluding hydrogens is 296 g/mol. The first-order chi connectivity index (χ1) is 9.85. The molecule has 0 aromatic carbocycles. The highest BCUT2D eigenvalue weighted by atomic mass is 32.2. The number of aromatic nitrogens is 1. The number of sulfonamides is 1. The van der Waals surface area contributed by atoms with E-state index < -0.39 is 10.0 Å². The largest absolute Gasteiger partial charge is 0.469 e. The Kier molecular flexibility index (Phi) is 4.67. The Hall–Kier alpha value is -1.41. The lowest BCUT2D eigenvalue weighted by atomic mass is 9.86. The molecule has 1 aromatic rings. The second kappa shape index (κ2) is 6.15. The number of carbonyl (C=O) groups is 1. The molecule has 0 radical (unpaired) electrons. The fourth-order valence-corrected chi connectivity index (χ4v) is 4.38. The van der Waals surface area contributed by atoms with Gasteiger partial charge < -0.3 is 9.26 Å². The molecule has 21 heavy (non-hydrogen) atoms. The van der Waals surface area contributed by atoms with Gasteiger partial charge in [-0.15, -0.1) is 0 Å². The van der Waals surface area contributed by atoms with E-state index in [1.165, 1.54) is 7.11 Å². The molecule has 0 spiro atoms. The first kappa shape index (κ1) is 16.0. The number of esters is 1. The molecule has 0 amide bonds. The van der Waals surface area contributed by atoms with E-state index in [1.807, 2.05) is 0 Å². The summed E-state index contributed by atoms with van der Waals surface area (Å²) in [5.41, 5.74) is 0.350. The van der Waals surface area contributed by atoms with Crippen LogP contribution in [0.5, 0.6) is 0 Å². The number of nitrogens with one attached hydrogen (secondary N) is 1. The van der Waals surface area contributed by atoms with E-state index in [-0.39, 0.29) is 28.6 Å². The summed E-state index contributed by atoms with van der Waals surface area (Å²) in [5, 5.41) is 3.67. The van der Waals surface area contributed by atoms with Crippen LogP contribution in [0.25, 0.3) is 0 Å². The first-order valence-corrected chi connectivity index (χ1v) is 8.36. The van der Waals surface area contributed by atoms with Gasteiger partial charge in [0.25, 0.3) is 0 Å². The van der Waals surface area contributed by atoms with Gasteiger partial charge >= 0.3 is 5.97 Å². The van der Waals surface area contributed by atoms with E-state index in [9.17, 15) is 13.2 Å². The average Bonchev–Trinajstić information content (AvgIpc) is 2.78. The van der Waals surface area contributed by atoms with Gasteiger partial charge in [-0.3, -0.25) is 4.79 Å². The second-order valence-electron chi connectivity index (χ2n) is 5.35. The lowest BCUT2D eigenvalue weighted by Crippen LogP contribution is -2.39. The summed E-state index contributed by atoms with van der Waals surface area (Å²) in [5.74, 6) is -0.0694. The highest BCUT2D eigenvalue weighted by molar-refractivity contribution is 7.89. The molecular formula is C13H20N2O5S. The lowest BCUT2D eigenvalue weighted by molar-refractivity contribution is -0.146. The van der Waals surface area contributed by atoms with Crippen LogP contribution in [-0.2, 0) is 19.6 Å². The van der Waals surface area contributed by atoms with Crippen molar-refractivity contribution in [1.29, 1.82) is 0 Å². The van der Waals surface area contributed by atoms with Gasteiger partial charge in [0.1, 0.15) is 10.6 Å². The van der Waals surface area contributed by atoms with Crippen molar-refractivity contribution >= 4 is 16.0 Å². The highest BCUT2D eigenvalue weighted by Crippen LogP contribution is 2.27. The highest BCUT2D eigenvalue weighted by Gasteiger charge is 2.31. The van der Waals surface area contributed by atoms with Gasteiger partial charge in [-0.1, -0.05) is 5.16 Å². The van der Waals surface area contributed by atoms with E-state index in [0.29, 0.717) is 31.4 Å². The van der Waals surface area contributed by atoms with E-state index >= 15 is 0 Å². The monoisotopic (exact) mass is 316 g/mol. The van der Waals surface area contributed by atoms with E-state index in [2.05, 4.69) is 9.88 Å². The fraction of sp³-hybridized carbons (Fsp3) is 0.692. The molecule has 1 saturated carbocycles. The molecule has 0 unspecified atom stereocenters. The Morgan fingerprint density at radius 3 is 2.38 bits per heavy atom. The predicted molar refractivity (Wildman–Crippen MR) is 74.1 cm³/mol. The van der Waals surface area contributed by atoms with Crippen LogP contribution in [0.3, 0.4) is 0 Å². The van der Waals surface area contributed by atoms with Crippen molar-refractivity contribution in [1.82, 2.24) is 9.88 Å². The third-order valence-corrected chi connectivity index (χ3v) is 5.58. The molecule has 1 N–H and O–H groups in total. The quantitative estimate of drug-likeness (QED) is 0.841. The Balaban J connectivity index is 2.02. The normalized spacial score (nSPS) is 23.0. The van der Waals surface area contributed by atoms with Crippen molar-refractivity contribution < 1.29 is 22.5 Å². The van der Waals surface area contributed by atoms with Crippen LogP contribution >= 0.6 is 0 Å². The fourth-order valence-electron chi connectivity index (χ4n) is 2.75. The van der Waals surface area contributed by atoms with Crippen LogP contribution in [0.1, 0.15) is 37.1 Å². The molecule has 0 aliphatic heterocycles. The van der Waals surface area contributed by atoms with Crippen molar-refractivity contribution in [2.45, 2.75) is 50.5 Å². The molecule has 2 rings (SSSR count). The van der Waals surface area contributed by atoms with Crippen molar-refractivity contribution in [3.63, 3.8) is 0 Å². The van der Waals surface area contributed by atoms with Crippen LogP contribution in [0, 0.1) is 19.8 Å². The van der Waals surface area contributed by atoms with Crippen molar-refractivity contribution in [2.24, 2.45) is 5.92 Å². The number of ether oxygens (including phenoxy) is 1. The molecule has 0 atom stereocenters. The average molecular weight is 316 g/mol. The van der Waals surface area contributed by atoms with E-state index in [1.54, 1.807) is 13.8 Å². The number of methoxy groups -OCH3 is 1. The Bertz CT molecular complexity index is 595. The van der Waals surface area contributed by atoms with Crippen LogP contribution in [-0.4, -0.2) is 32.7 Å². The maximum absolute atomic E-state index is 12.4. The topological polar surface area (TPSA) is 98.5 Å². The summed E-state index contributed by atoms with van der Waals surface area (Å²) >= 11 is 0. The van der Waals surface area contributed by atoms with Gasteiger partial charge in [0.15, 0.2) is 5.76 Å². The molecule has 1 fully saturated rings. The minimum atomic E-state index is -3.64. The Morgan fingerprint density at radius 2 is 1.90 bits per heavy atom. The number of carbonyl (C=O) groups excluding carboxylic acids is 1. The molecule has 0 bridgehead atoms. The molecule has 8 heteroatoms. The van der Waals surface area contributed by atoms with Crippen molar-refractivity contribution in [3.8, 4) is 0 Å². The predicted octanol–water partition coefficient (Wildman–Crippen LogP) is 1.30. The minimum absolute atomic E-state index is 0.109. The zero-order chi connectivity index (χ0) is 15.6. The molecule has 7 nitrogen and oxygen atoms in total. The van der Waals surface area contributed by atoms with Crippen LogP contribution in [0.2, 0.25) is 0 Å². The molecule has 1 aliphatic rings. The summed E-state index contributed by atoms with van der Waals surface area (Å²) in [7, 11) is -2.27. The van der Waals surface area contributed by atoms with Crippen LogP contribution < -0.4 is 4.72 Å². The Morgan fingerprint density at radius 1 is 1.29 bits per heavy atom. The standard InChI is InChI=1S/C13H20N2O5S/c1-8-12(9(2)20-14-8)21(17,18)15-11-6-4-10(5-7-11)13(16)19-3/h10-11,15H,4-7H2,1-3H3. The molecule has 1 heterocycles.